The zero-order chi connectivity index (χ0) is 14.5. The molecule has 0 saturated heterocycles. The quantitative estimate of drug-likeness (QED) is 0.862. The minimum absolute atomic E-state index is 0.635. The van der Waals surface area contributed by atoms with Gasteiger partial charge in [0.05, 0.1) is 19.3 Å². The molecule has 0 atom stereocenters. The SMILES string of the molecule is C#Cc1cccc(NCc2ncc(C)c(OC)c2C)c1. The monoisotopic (exact) mass is 266 g/mol. The van der Waals surface area contributed by atoms with Crippen molar-refractivity contribution in [2.75, 3.05) is 12.4 Å². The molecule has 0 saturated carbocycles. The maximum Gasteiger partial charge on any atom is 0.128 e. The van der Waals surface area contributed by atoms with Crippen molar-refractivity contribution in [2.24, 2.45) is 0 Å². The lowest BCUT2D eigenvalue weighted by Crippen LogP contribution is -2.06. The van der Waals surface area contributed by atoms with Gasteiger partial charge in [-0.1, -0.05) is 12.0 Å². The van der Waals surface area contributed by atoms with Gasteiger partial charge in [-0.3, -0.25) is 4.98 Å². The van der Waals surface area contributed by atoms with Gasteiger partial charge in [-0.15, -0.1) is 6.42 Å². The Morgan fingerprint density at radius 2 is 2.15 bits per heavy atom. The predicted molar refractivity (Wildman–Crippen MR) is 82.0 cm³/mol. The Kier molecular flexibility index (Phi) is 4.27. The van der Waals surface area contributed by atoms with Gasteiger partial charge in [0, 0.05) is 28.6 Å². The summed E-state index contributed by atoms with van der Waals surface area (Å²) in [6.07, 6.45) is 7.23. The van der Waals surface area contributed by atoms with E-state index in [9.17, 15) is 0 Å². The first-order valence-corrected chi connectivity index (χ1v) is 6.45. The van der Waals surface area contributed by atoms with Gasteiger partial charge in [-0.25, -0.2) is 0 Å². The average Bonchev–Trinajstić information content (AvgIpc) is 2.47. The summed E-state index contributed by atoms with van der Waals surface area (Å²) in [7, 11) is 1.68. The standard InChI is InChI=1S/C17H18N2O/c1-5-14-7-6-8-15(9-14)18-11-16-13(3)17(20-4)12(2)10-19-16/h1,6-10,18H,11H2,2-4H3. The number of aryl methyl sites for hydroxylation is 1. The highest BCUT2D eigenvalue weighted by Gasteiger charge is 2.09. The van der Waals surface area contributed by atoms with Gasteiger partial charge in [0.1, 0.15) is 5.75 Å². The predicted octanol–water partition coefficient (Wildman–Crippen LogP) is 3.30. The molecule has 0 fully saturated rings. The number of hydrogen-bond acceptors (Lipinski definition) is 3. The van der Waals surface area contributed by atoms with Crippen LogP contribution in [-0.4, -0.2) is 12.1 Å². The van der Waals surface area contributed by atoms with Crippen LogP contribution in [0.5, 0.6) is 5.75 Å². The van der Waals surface area contributed by atoms with Crippen LogP contribution >= 0.6 is 0 Å². The Labute approximate surface area is 120 Å². The fourth-order valence-corrected chi connectivity index (χ4v) is 2.15. The number of anilines is 1. The number of methoxy groups -OCH3 is 1. The molecular formula is C17H18N2O. The third kappa shape index (κ3) is 2.92. The third-order valence-corrected chi connectivity index (χ3v) is 3.24. The molecule has 2 aromatic rings. The van der Waals surface area contributed by atoms with Gasteiger partial charge in [-0.2, -0.15) is 0 Å². The number of hydrogen-bond donors (Lipinski definition) is 1. The molecule has 20 heavy (non-hydrogen) atoms. The van der Waals surface area contributed by atoms with Crippen LogP contribution in [0, 0.1) is 26.2 Å². The van der Waals surface area contributed by atoms with Crippen LogP contribution in [0.4, 0.5) is 5.69 Å². The third-order valence-electron chi connectivity index (χ3n) is 3.24. The topological polar surface area (TPSA) is 34.2 Å². The highest BCUT2D eigenvalue weighted by molar-refractivity contribution is 5.51. The average molecular weight is 266 g/mol. The number of benzene rings is 1. The Morgan fingerprint density at radius 3 is 2.85 bits per heavy atom. The zero-order valence-corrected chi connectivity index (χ0v) is 12.0. The first kappa shape index (κ1) is 14.0. The molecule has 1 heterocycles. The molecule has 1 N–H and O–H groups in total. The summed E-state index contributed by atoms with van der Waals surface area (Å²) < 4.78 is 5.41. The van der Waals surface area contributed by atoms with E-state index >= 15 is 0 Å². The fraction of sp³-hybridized carbons (Fsp3) is 0.235. The van der Waals surface area contributed by atoms with Crippen LogP contribution in [0.1, 0.15) is 22.4 Å². The van der Waals surface area contributed by atoms with E-state index in [0.717, 1.165) is 33.8 Å². The van der Waals surface area contributed by atoms with Gasteiger partial charge in [0.15, 0.2) is 0 Å². The lowest BCUT2D eigenvalue weighted by atomic mass is 10.1. The van der Waals surface area contributed by atoms with Crippen molar-refractivity contribution >= 4 is 5.69 Å². The van der Waals surface area contributed by atoms with Crippen molar-refractivity contribution < 1.29 is 4.74 Å². The molecule has 2 rings (SSSR count). The highest BCUT2D eigenvalue weighted by atomic mass is 16.5. The molecule has 1 aromatic carbocycles. The van der Waals surface area contributed by atoms with E-state index < -0.39 is 0 Å². The second-order valence-corrected chi connectivity index (χ2v) is 4.62. The van der Waals surface area contributed by atoms with E-state index in [1.54, 1.807) is 7.11 Å². The maximum atomic E-state index is 5.41. The Bertz CT molecular complexity index is 657. The molecule has 1 aromatic heterocycles. The van der Waals surface area contributed by atoms with Crippen molar-refractivity contribution in [2.45, 2.75) is 20.4 Å². The first-order valence-electron chi connectivity index (χ1n) is 6.45. The number of terminal acetylenes is 1. The highest BCUT2D eigenvalue weighted by Crippen LogP contribution is 2.24. The summed E-state index contributed by atoms with van der Waals surface area (Å²) >= 11 is 0. The summed E-state index contributed by atoms with van der Waals surface area (Å²) in [5, 5.41) is 3.33. The first-order chi connectivity index (χ1) is 9.65. The largest absolute Gasteiger partial charge is 0.496 e. The molecule has 0 bridgehead atoms. The van der Waals surface area contributed by atoms with E-state index in [-0.39, 0.29) is 0 Å². The Hall–Kier alpha value is -2.47. The number of ether oxygens (including phenoxy) is 1. The molecule has 3 nitrogen and oxygen atoms in total. The second-order valence-electron chi connectivity index (χ2n) is 4.62. The van der Waals surface area contributed by atoms with Crippen LogP contribution in [0.3, 0.4) is 0 Å². The Balaban J connectivity index is 2.17. The van der Waals surface area contributed by atoms with Gasteiger partial charge >= 0.3 is 0 Å². The summed E-state index contributed by atoms with van der Waals surface area (Å²) in [6, 6.07) is 7.78. The molecule has 3 heteroatoms. The lowest BCUT2D eigenvalue weighted by Gasteiger charge is -2.13. The Morgan fingerprint density at radius 1 is 1.35 bits per heavy atom. The van der Waals surface area contributed by atoms with E-state index in [1.165, 1.54) is 0 Å². The van der Waals surface area contributed by atoms with Crippen LogP contribution in [0.2, 0.25) is 0 Å². The van der Waals surface area contributed by atoms with E-state index in [4.69, 9.17) is 11.2 Å². The molecular weight excluding hydrogens is 248 g/mol. The summed E-state index contributed by atoms with van der Waals surface area (Å²) in [4.78, 5) is 4.46. The molecule has 102 valence electrons. The van der Waals surface area contributed by atoms with Crippen molar-refractivity contribution in [3.05, 3.63) is 52.8 Å². The van der Waals surface area contributed by atoms with Gasteiger partial charge in [0.25, 0.3) is 0 Å². The summed E-state index contributed by atoms with van der Waals surface area (Å²) in [6.45, 7) is 4.65. The number of pyridine rings is 1. The van der Waals surface area contributed by atoms with Crippen molar-refractivity contribution in [3.63, 3.8) is 0 Å². The fourth-order valence-electron chi connectivity index (χ4n) is 2.15. The van der Waals surface area contributed by atoms with Gasteiger partial charge in [-0.05, 0) is 32.0 Å². The summed E-state index contributed by atoms with van der Waals surface area (Å²) in [5.74, 6) is 3.52. The number of nitrogens with zero attached hydrogens (tertiary/aromatic N) is 1. The molecule has 0 aliphatic carbocycles. The smallest absolute Gasteiger partial charge is 0.128 e. The van der Waals surface area contributed by atoms with Crippen molar-refractivity contribution in [1.29, 1.82) is 0 Å². The van der Waals surface area contributed by atoms with Crippen LogP contribution in [0.25, 0.3) is 0 Å². The minimum Gasteiger partial charge on any atom is -0.496 e. The molecule has 0 radical (unpaired) electrons. The van der Waals surface area contributed by atoms with Gasteiger partial charge < -0.3 is 10.1 Å². The molecule has 0 aliphatic heterocycles. The van der Waals surface area contributed by atoms with Gasteiger partial charge in [0.2, 0.25) is 0 Å². The number of nitrogens with one attached hydrogen (secondary N) is 1. The molecule has 0 unspecified atom stereocenters. The zero-order valence-electron chi connectivity index (χ0n) is 12.0. The van der Waals surface area contributed by atoms with Crippen molar-refractivity contribution in [3.8, 4) is 18.1 Å². The van der Waals surface area contributed by atoms with E-state index in [0.29, 0.717) is 6.54 Å². The van der Waals surface area contributed by atoms with Crippen LogP contribution in [0.15, 0.2) is 30.5 Å². The number of rotatable bonds is 4. The van der Waals surface area contributed by atoms with Crippen LogP contribution < -0.4 is 10.1 Å². The maximum absolute atomic E-state index is 5.41. The molecule has 0 amide bonds. The van der Waals surface area contributed by atoms with Crippen LogP contribution in [-0.2, 0) is 6.54 Å². The van der Waals surface area contributed by atoms with E-state index in [2.05, 4.69) is 16.2 Å². The minimum atomic E-state index is 0.635. The summed E-state index contributed by atoms with van der Waals surface area (Å²) in [5.41, 5.74) is 4.93. The normalized spacial score (nSPS) is 9.90. The molecule has 0 aliphatic rings. The van der Waals surface area contributed by atoms with Crippen molar-refractivity contribution in [1.82, 2.24) is 4.98 Å². The molecule has 0 spiro atoms. The number of aromatic nitrogens is 1. The lowest BCUT2D eigenvalue weighted by molar-refractivity contribution is 0.407. The van der Waals surface area contributed by atoms with E-state index in [1.807, 2.05) is 44.3 Å². The second kappa shape index (κ2) is 6.12.